The Labute approximate surface area is 87.7 Å². The van der Waals surface area contributed by atoms with E-state index in [-0.39, 0.29) is 19.3 Å². The van der Waals surface area contributed by atoms with E-state index < -0.39 is 0 Å². The summed E-state index contributed by atoms with van der Waals surface area (Å²) < 4.78 is 10.4. The van der Waals surface area contributed by atoms with Crippen molar-refractivity contribution in [3.8, 4) is 17.6 Å². The van der Waals surface area contributed by atoms with Crippen molar-refractivity contribution in [3.63, 3.8) is 0 Å². The van der Waals surface area contributed by atoms with Crippen molar-refractivity contribution in [2.75, 3.05) is 13.4 Å². The minimum absolute atomic E-state index is 0.00662. The molecule has 0 saturated heterocycles. The van der Waals surface area contributed by atoms with Gasteiger partial charge in [0.2, 0.25) is 6.79 Å². The molecule has 0 aromatic heterocycles. The summed E-state index contributed by atoms with van der Waals surface area (Å²) in [5.74, 6) is 1.09. The molecule has 0 spiro atoms. The maximum Gasteiger partial charge on any atom is 0.231 e. The molecule has 15 heavy (non-hydrogen) atoms. The van der Waals surface area contributed by atoms with Crippen LogP contribution in [0.1, 0.15) is 17.9 Å². The van der Waals surface area contributed by atoms with Crippen molar-refractivity contribution in [2.45, 2.75) is 12.3 Å². The third-order valence-electron chi connectivity index (χ3n) is 2.37. The minimum atomic E-state index is -0.288. The maximum absolute atomic E-state index is 8.93. The topological polar surface area (TPSA) is 62.5 Å². The molecule has 0 fully saturated rings. The molecule has 1 aliphatic heterocycles. The van der Waals surface area contributed by atoms with Crippen LogP contribution in [0.15, 0.2) is 18.2 Å². The van der Waals surface area contributed by atoms with E-state index in [1.807, 2.05) is 6.07 Å². The number of aliphatic hydroxyl groups excluding tert-OH is 1. The summed E-state index contributed by atoms with van der Waals surface area (Å²) in [7, 11) is 0. The Hall–Kier alpha value is -1.73. The van der Waals surface area contributed by atoms with Gasteiger partial charge in [-0.3, -0.25) is 0 Å². The van der Waals surface area contributed by atoms with Gasteiger partial charge in [-0.25, -0.2) is 0 Å². The van der Waals surface area contributed by atoms with Gasteiger partial charge in [-0.15, -0.1) is 0 Å². The average molecular weight is 205 g/mol. The smallest absolute Gasteiger partial charge is 0.231 e. The number of fused-ring (bicyclic) bond motifs is 1. The van der Waals surface area contributed by atoms with E-state index in [1.54, 1.807) is 12.1 Å². The molecule has 0 bridgehead atoms. The van der Waals surface area contributed by atoms with Crippen LogP contribution in [0.25, 0.3) is 0 Å². The second kappa shape index (κ2) is 4.20. The fourth-order valence-corrected chi connectivity index (χ4v) is 1.56. The number of hydrogen-bond donors (Lipinski definition) is 1. The van der Waals surface area contributed by atoms with E-state index in [0.717, 1.165) is 5.56 Å². The molecular weight excluding hydrogens is 194 g/mol. The van der Waals surface area contributed by atoms with Crippen LogP contribution >= 0.6 is 0 Å². The highest BCUT2D eigenvalue weighted by atomic mass is 16.7. The molecule has 0 radical (unpaired) electrons. The molecule has 78 valence electrons. The van der Waals surface area contributed by atoms with Gasteiger partial charge in [0.05, 0.1) is 12.0 Å². The SMILES string of the molecule is N#CC(CCO)c1ccc2c(c1)OCO2. The van der Waals surface area contributed by atoms with E-state index in [0.29, 0.717) is 17.9 Å². The molecule has 2 rings (SSSR count). The van der Waals surface area contributed by atoms with Crippen LogP contribution in [0.4, 0.5) is 0 Å². The highest BCUT2D eigenvalue weighted by Crippen LogP contribution is 2.35. The van der Waals surface area contributed by atoms with Crippen LogP contribution in [0.3, 0.4) is 0 Å². The van der Waals surface area contributed by atoms with Crippen molar-refractivity contribution in [2.24, 2.45) is 0 Å². The first-order valence-electron chi connectivity index (χ1n) is 4.75. The normalized spacial score (nSPS) is 14.7. The molecule has 0 saturated carbocycles. The zero-order valence-electron chi connectivity index (χ0n) is 8.14. The van der Waals surface area contributed by atoms with Crippen LogP contribution in [0.5, 0.6) is 11.5 Å². The van der Waals surface area contributed by atoms with Crippen LogP contribution in [0.2, 0.25) is 0 Å². The number of aliphatic hydroxyl groups is 1. The molecule has 1 atom stereocenters. The van der Waals surface area contributed by atoms with Gasteiger partial charge in [0.15, 0.2) is 11.5 Å². The molecule has 1 aliphatic rings. The molecular formula is C11H11NO3. The monoisotopic (exact) mass is 205 g/mol. The van der Waals surface area contributed by atoms with Crippen molar-refractivity contribution in [1.82, 2.24) is 0 Å². The molecule has 0 aliphatic carbocycles. The Morgan fingerprint density at radius 3 is 2.93 bits per heavy atom. The molecule has 1 aromatic carbocycles. The van der Waals surface area contributed by atoms with E-state index in [1.165, 1.54) is 0 Å². The summed E-state index contributed by atoms with van der Waals surface area (Å²) in [6.07, 6.45) is 0.441. The predicted molar refractivity (Wildman–Crippen MR) is 52.6 cm³/mol. The summed E-state index contributed by atoms with van der Waals surface area (Å²) in [6.45, 7) is 0.239. The Kier molecular flexibility index (Phi) is 2.75. The van der Waals surface area contributed by atoms with E-state index in [2.05, 4.69) is 6.07 Å². The van der Waals surface area contributed by atoms with Crippen molar-refractivity contribution in [1.29, 1.82) is 5.26 Å². The first-order valence-corrected chi connectivity index (χ1v) is 4.75. The van der Waals surface area contributed by atoms with E-state index >= 15 is 0 Å². The van der Waals surface area contributed by atoms with Gasteiger partial charge in [0, 0.05) is 6.61 Å². The molecule has 0 amide bonds. The zero-order valence-corrected chi connectivity index (χ0v) is 8.14. The summed E-state index contributed by atoms with van der Waals surface area (Å²) >= 11 is 0. The fourth-order valence-electron chi connectivity index (χ4n) is 1.56. The Morgan fingerprint density at radius 2 is 2.20 bits per heavy atom. The second-order valence-electron chi connectivity index (χ2n) is 3.31. The van der Waals surface area contributed by atoms with Gasteiger partial charge in [-0.05, 0) is 24.1 Å². The Bertz CT molecular complexity index is 397. The Morgan fingerprint density at radius 1 is 1.40 bits per heavy atom. The number of nitrogens with zero attached hydrogens (tertiary/aromatic N) is 1. The quantitative estimate of drug-likeness (QED) is 0.810. The van der Waals surface area contributed by atoms with Crippen LogP contribution < -0.4 is 9.47 Å². The first-order chi connectivity index (χ1) is 7.35. The van der Waals surface area contributed by atoms with E-state index in [9.17, 15) is 0 Å². The van der Waals surface area contributed by atoms with Gasteiger partial charge in [0.1, 0.15) is 0 Å². The number of nitriles is 1. The average Bonchev–Trinajstić information content (AvgIpc) is 2.72. The van der Waals surface area contributed by atoms with Gasteiger partial charge in [0.25, 0.3) is 0 Å². The molecule has 4 nitrogen and oxygen atoms in total. The van der Waals surface area contributed by atoms with E-state index in [4.69, 9.17) is 19.8 Å². The number of ether oxygens (including phenoxy) is 2. The highest BCUT2D eigenvalue weighted by molar-refractivity contribution is 5.46. The van der Waals surface area contributed by atoms with Crippen molar-refractivity contribution >= 4 is 0 Å². The van der Waals surface area contributed by atoms with Gasteiger partial charge in [-0.2, -0.15) is 5.26 Å². The highest BCUT2D eigenvalue weighted by Gasteiger charge is 2.17. The van der Waals surface area contributed by atoms with Gasteiger partial charge in [-0.1, -0.05) is 6.07 Å². The zero-order chi connectivity index (χ0) is 10.7. The number of rotatable bonds is 3. The molecule has 1 heterocycles. The number of benzene rings is 1. The molecule has 4 heteroatoms. The lowest BCUT2D eigenvalue weighted by molar-refractivity contribution is 0.174. The summed E-state index contributed by atoms with van der Waals surface area (Å²) in [6, 6.07) is 7.57. The number of hydrogen-bond acceptors (Lipinski definition) is 4. The van der Waals surface area contributed by atoms with Gasteiger partial charge >= 0.3 is 0 Å². The van der Waals surface area contributed by atoms with Crippen molar-refractivity contribution in [3.05, 3.63) is 23.8 Å². The lowest BCUT2D eigenvalue weighted by atomic mass is 9.97. The summed E-state index contributed by atoms with van der Waals surface area (Å²) in [5, 5.41) is 17.7. The predicted octanol–water partition coefficient (Wildman–Crippen LogP) is 1.40. The molecule has 1 unspecified atom stereocenters. The Balaban J connectivity index is 2.25. The maximum atomic E-state index is 8.93. The lowest BCUT2D eigenvalue weighted by Crippen LogP contribution is -1.98. The third kappa shape index (κ3) is 1.88. The van der Waals surface area contributed by atoms with Crippen LogP contribution in [-0.2, 0) is 0 Å². The summed E-state index contributed by atoms with van der Waals surface area (Å²) in [5.41, 5.74) is 0.857. The lowest BCUT2D eigenvalue weighted by Gasteiger charge is -2.07. The second-order valence-corrected chi connectivity index (χ2v) is 3.31. The van der Waals surface area contributed by atoms with Crippen LogP contribution in [0, 0.1) is 11.3 Å². The molecule has 1 N–H and O–H groups in total. The largest absolute Gasteiger partial charge is 0.454 e. The first kappa shape index (κ1) is 9.81. The standard InChI is InChI=1S/C11H11NO3/c12-6-9(3-4-13)8-1-2-10-11(5-8)15-7-14-10/h1-2,5,9,13H,3-4,7H2. The van der Waals surface area contributed by atoms with Crippen molar-refractivity contribution < 1.29 is 14.6 Å². The fraction of sp³-hybridized carbons (Fsp3) is 0.364. The van der Waals surface area contributed by atoms with Crippen LogP contribution in [-0.4, -0.2) is 18.5 Å². The molecule has 1 aromatic rings. The third-order valence-corrected chi connectivity index (χ3v) is 2.37. The minimum Gasteiger partial charge on any atom is -0.454 e. The van der Waals surface area contributed by atoms with Gasteiger partial charge < -0.3 is 14.6 Å². The summed E-state index contributed by atoms with van der Waals surface area (Å²) in [4.78, 5) is 0.